The Labute approximate surface area is 121 Å². The number of hydrogen-bond donors (Lipinski definition) is 1. The van der Waals surface area contributed by atoms with Crippen LogP contribution in [-0.4, -0.2) is 15.8 Å². The van der Waals surface area contributed by atoms with E-state index in [9.17, 15) is 14.9 Å². The first-order valence-electron chi connectivity index (χ1n) is 6.25. The fourth-order valence-corrected chi connectivity index (χ4v) is 1.71. The van der Waals surface area contributed by atoms with Gasteiger partial charge in [-0.2, -0.15) is 0 Å². The van der Waals surface area contributed by atoms with Crippen LogP contribution in [0.15, 0.2) is 54.9 Å². The molecule has 0 radical (unpaired) electrons. The number of pyridine rings is 1. The Hall–Kier alpha value is -3.02. The number of amides is 1. The van der Waals surface area contributed by atoms with Gasteiger partial charge in [0.25, 0.3) is 5.69 Å². The predicted molar refractivity (Wildman–Crippen MR) is 78.2 cm³/mol. The topological polar surface area (TPSA) is 85.1 Å². The Bertz CT molecular complexity index is 669. The number of nitro benzene ring substituents is 1. The third kappa shape index (κ3) is 4.24. The Kier molecular flexibility index (Phi) is 4.76. The van der Waals surface area contributed by atoms with Gasteiger partial charge < -0.3 is 5.32 Å². The van der Waals surface area contributed by atoms with Gasteiger partial charge in [-0.25, -0.2) is 0 Å². The van der Waals surface area contributed by atoms with E-state index in [4.69, 9.17) is 0 Å². The zero-order valence-corrected chi connectivity index (χ0v) is 11.1. The zero-order chi connectivity index (χ0) is 15.1. The van der Waals surface area contributed by atoms with Crippen LogP contribution in [0, 0.1) is 10.1 Å². The highest BCUT2D eigenvalue weighted by molar-refractivity contribution is 5.92. The van der Waals surface area contributed by atoms with E-state index in [2.05, 4.69) is 10.3 Å². The van der Waals surface area contributed by atoms with Gasteiger partial charge in [-0.3, -0.25) is 19.9 Å². The number of nitrogens with zero attached hydrogens (tertiary/aromatic N) is 2. The van der Waals surface area contributed by atoms with Gasteiger partial charge in [0.1, 0.15) is 0 Å². The molecule has 2 rings (SSSR count). The Morgan fingerprint density at radius 2 is 2.10 bits per heavy atom. The minimum absolute atomic E-state index is 0.0335. The number of nitrogens with one attached hydrogen (secondary N) is 1. The highest BCUT2D eigenvalue weighted by Gasteiger charge is 2.09. The lowest BCUT2D eigenvalue weighted by Gasteiger charge is -2.01. The van der Waals surface area contributed by atoms with E-state index in [-0.39, 0.29) is 11.6 Å². The molecule has 6 nitrogen and oxygen atoms in total. The second-order valence-electron chi connectivity index (χ2n) is 4.23. The smallest absolute Gasteiger partial charge is 0.276 e. The molecule has 21 heavy (non-hydrogen) atoms. The van der Waals surface area contributed by atoms with E-state index in [1.54, 1.807) is 36.7 Å². The molecule has 1 N–H and O–H groups in total. The van der Waals surface area contributed by atoms with E-state index in [1.807, 2.05) is 6.07 Å². The lowest BCUT2D eigenvalue weighted by Crippen LogP contribution is -2.20. The maximum atomic E-state index is 11.7. The molecule has 1 amide bonds. The number of carbonyl (C=O) groups is 1. The fraction of sp³-hybridized carbons (Fsp3) is 0.0667. The molecular formula is C15H13N3O3. The number of carbonyl (C=O) groups excluding carboxylic acids is 1. The van der Waals surface area contributed by atoms with Crippen molar-refractivity contribution in [2.24, 2.45) is 0 Å². The molecule has 0 saturated heterocycles. The van der Waals surface area contributed by atoms with Gasteiger partial charge in [0.15, 0.2) is 0 Å². The molecule has 0 bridgehead atoms. The third-order valence-electron chi connectivity index (χ3n) is 2.74. The van der Waals surface area contributed by atoms with Crippen LogP contribution in [0.5, 0.6) is 0 Å². The quantitative estimate of drug-likeness (QED) is 0.518. The number of benzene rings is 1. The van der Waals surface area contributed by atoms with Gasteiger partial charge in [-0.15, -0.1) is 0 Å². The molecule has 1 heterocycles. The van der Waals surface area contributed by atoms with E-state index in [0.29, 0.717) is 12.1 Å². The predicted octanol–water partition coefficient (Wildman–Crippen LogP) is 2.32. The molecule has 0 aliphatic rings. The molecule has 0 fully saturated rings. The Morgan fingerprint density at radius 3 is 2.81 bits per heavy atom. The van der Waals surface area contributed by atoms with Gasteiger partial charge in [-0.1, -0.05) is 18.2 Å². The monoisotopic (exact) mass is 283 g/mol. The van der Waals surface area contributed by atoms with Crippen molar-refractivity contribution in [2.75, 3.05) is 0 Å². The highest BCUT2D eigenvalue weighted by atomic mass is 16.6. The summed E-state index contributed by atoms with van der Waals surface area (Å²) in [6, 6.07) is 9.87. The number of hydrogen-bond acceptors (Lipinski definition) is 4. The van der Waals surface area contributed by atoms with Gasteiger partial charge in [0.05, 0.1) is 10.5 Å². The van der Waals surface area contributed by atoms with E-state index in [0.717, 1.165) is 5.56 Å². The molecule has 0 aliphatic heterocycles. The molecule has 106 valence electrons. The number of aromatic nitrogens is 1. The van der Waals surface area contributed by atoms with Crippen LogP contribution < -0.4 is 5.32 Å². The van der Waals surface area contributed by atoms with Crippen molar-refractivity contribution in [1.29, 1.82) is 0 Å². The average Bonchev–Trinajstić information content (AvgIpc) is 2.52. The summed E-state index contributed by atoms with van der Waals surface area (Å²) in [6.45, 7) is 0.355. The van der Waals surface area contributed by atoms with Crippen LogP contribution in [0.3, 0.4) is 0 Å². The number of para-hydroxylation sites is 1. The molecule has 6 heteroatoms. The number of rotatable bonds is 5. The Balaban J connectivity index is 1.98. The summed E-state index contributed by atoms with van der Waals surface area (Å²) in [5, 5.41) is 13.5. The van der Waals surface area contributed by atoms with E-state index in [1.165, 1.54) is 18.2 Å². The van der Waals surface area contributed by atoms with Crippen molar-refractivity contribution in [1.82, 2.24) is 10.3 Å². The normalized spacial score (nSPS) is 10.5. The average molecular weight is 283 g/mol. The molecule has 1 aromatic heterocycles. The van der Waals surface area contributed by atoms with Crippen molar-refractivity contribution in [3.05, 3.63) is 76.1 Å². The van der Waals surface area contributed by atoms with Crippen LogP contribution in [0.25, 0.3) is 6.08 Å². The lowest BCUT2D eigenvalue weighted by molar-refractivity contribution is -0.385. The second kappa shape index (κ2) is 6.95. The van der Waals surface area contributed by atoms with Crippen LogP contribution in [0.4, 0.5) is 5.69 Å². The molecular weight excluding hydrogens is 270 g/mol. The standard InChI is InChI=1S/C15H13N3O3/c19-15(17-11-12-4-3-9-16-10-12)8-7-13-5-1-2-6-14(13)18(20)21/h1-10H,11H2,(H,17,19)/b8-7+. The maximum absolute atomic E-state index is 11.7. The van der Waals surface area contributed by atoms with Crippen LogP contribution >= 0.6 is 0 Å². The zero-order valence-electron chi connectivity index (χ0n) is 11.1. The molecule has 0 atom stereocenters. The summed E-state index contributed by atoms with van der Waals surface area (Å²) in [5.74, 6) is -0.322. The molecule has 0 spiro atoms. The first-order valence-corrected chi connectivity index (χ1v) is 6.25. The van der Waals surface area contributed by atoms with Crippen molar-refractivity contribution in [2.45, 2.75) is 6.54 Å². The van der Waals surface area contributed by atoms with Crippen molar-refractivity contribution < 1.29 is 9.72 Å². The molecule has 0 unspecified atom stereocenters. The molecule has 2 aromatic rings. The summed E-state index contributed by atoms with van der Waals surface area (Å²) >= 11 is 0. The van der Waals surface area contributed by atoms with Crippen molar-refractivity contribution in [3.8, 4) is 0 Å². The highest BCUT2D eigenvalue weighted by Crippen LogP contribution is 2.18. The van der Waals surface area contributed by atoms with Gasteiger partial charge in [-0.05, 0) is 23.8 Å². The first kappa shape index (κ1) is 14.4. The van der Waals surface area contributed by atoms with Gasteiger partial charge >= 0.3 is 0 Å². The summed E-state index contributed by atoms with van der Waals surface area (Å²) in [5.41, 5.74) is 1.23. The SMILES string of the molecule is O=C(/C=C/c1ccccc1[N+](=O)[O-])NCc1cccnc1. The summed E-state index contributed by atoms with van der Waals surface area (Å²) in [6.07, 6.45) is 6.02. The van der Waals surface area contributed by atoms with Crippen molar-refractivity contribution >= 4 is 17.7 Å². The first-order chi connectivity index (χ1) is 10.2. The number of nitro groups is 1. The van der Waals surface area contributed by atoms with Crippen molar-refractivity contribution in [3.63, 3.8) is 0 Å². The Morgan fingerprint density at radius 1 is 1.29 bits per heavy atom. The molecule has 0 saturated carbocycles. The summed E-state index contributed by atoms with van der Waals surface area (Å²) in [7, 11) is 0. The van der Waals surface area contributed by atoms with Crippen LogP contribution in [0.2, 0.25) is 0 Å². The minimum Gasteiger partial charge on any atom is -0.348 e. The summed E-state index contributed by atoms with van der Waals surface area (Å²) in [4.78, 5) is 26.0. The molecule has 1 aromatic carbocycles. The summed E-state index contributed by atoms with van der Waals surface area (Å²) < 4.78 is 0. The maximum Gasteiger partial charge on any atom is 0.276 e. The van der Waals surface area contributed by atoms with Gasteiger partial charge in [0, 0.05) is 31.1 Å². The fourth-order valence-electron chi connectivity index (χ4n) is 1.71. The largest absolute Gasteiger partial charge is 0.348 e. The van der Waals surface area contributed by atoms with Crippen LogP contribution in [0.1, 0.15) is 11.1 Å². The second-order valence-corrected chi connectivity index (χ2v) is 4.23. The van der Waals surface area contributed by atoms with E-state index >= 15 is 0 Å². The van der Waals surface area contributed by atoms with E-state index < -0.39 is 4.92 Å². The van der Waals surface area contributed by atoms with Crippen LogP contribution in [-0.2, 0) is 11.3 Å². The third-order valence-corrected chi connectivity index (χ3v) is 2.74. The van der Waals surface area contributed by atoms with Gasteiger partial charge in [0.2, 0.25) is 5.91 Å². The minimum atomic E-state index is -0.479. The lowest BCUT2D eigenvalue weighted by atomic mass is 10.1. The molecule has 0 aliphatic carbocycles.